The Bertz CT molecular complexity index is 1470. The van der Waals surface area contributed by atoms with Crippen LogP contribution in [-0.2, 0) is 0 Å². The smallest absolute Gasteiger partial charge is 0.262 e. The molecule has 0 radical (unpaired) electrons. The number of nitrogens with zero attached hydrogens (tertiary/aromatic N) is 4. The minimum atomic E-state index is -0.233. The van der Waals surface area contributed by atoms with E-state index in [2.05, 4.69) is 15.9 Å². The second-order valence-corrected chi connectivity index (χ2v) is 8.89. The van der Waals surface area contributed by atoms with Gasteiger partial charge in [0.05, 0.1) is 29.0 Å². The zero-order valence-electron chi connectivity index (χ0n) is 19.1. The van der Waals surface area contributed by atoms with Gasteiger partial charge < -0.3 is 4.90 Å². The van der Waals surface area contributed by atoms with Gasteiger partial charge in [-0.25, -0.2) is 0 Å². The number of carbonyl (C=O) groups excluding carboxylic acids is 2. The van der Waals surface area contributed by atoms with Crippen molar-refractivity contribution in [3.63, 3.8) is 0 Å². The number of pyridine rings is 1. The maximum absolute atomic E-state index is 13.2. The van der Waals surface area contributed by atoms with Crippen LogP contribution in [0.4, 0.5) is 5.69 Å². The van der Waals surface area contributed by atoms with Crippen LogP contribution in [0.15, 0.2) is 89.7 Å². The number of anilines is 1. The molecule has 2 aliphatic heterocycles. The normalized spacial score (nSPS) is 16.2. The molecule has 7 nitrogen and oxygen atoms in total. The van der Waals surface area contributed by atoms with Crippen molar-refractivity contribution in [2.75, 3.05) is 37.7 Å². The van der Waals surface area contributed by atoms with Gasteiger partial charge in [-0.2, -0.15) is 0 Å². The molecule has 3 heterocycles. The van der Waals surface area contributed by atoms with Crippen LogP contribution in [0.25, 0.3) is 16.6 Å². The Kier molecular flexibility index (Phi) is 5.19. The molecule has 7 heteroatoms. The van der Waals surface area contributed by atoms with E-state index in [0.717, 1.165) is 22.3 Å². The molecule has 0 saturated carbocycles. The summed E-state index contributed by atoms with van der Waals surface area (Å²) in [5.41, 5.74) is 3.50. The van der Waals surface area contributed by atoms with Crippen LogP contribution in [0.1, 0.15) is 20.7 Å². The lowest BCUT2D eigenvalue weighted by atomic mass is 10.1. The molecule has 0 N–H and O–H groups in total. The van der Waals surface area contributed by atoms with E-state index in [9.17, 15) is 14.4 Å². The van der Waals surface area contributed by atoms with Gasteiger partial charge in [-0.05, 0) is 30.3 Å². The average Bonchev–Trinajstić information content (AvgIpc) is 3.14. The lowest BCUT2D eigenvalue weighted by molar-refractivity contribution is 0.0535. The lowest BCUT2D eigenvalue weighted by Gasteiger charge is -2.37. The van der Waals surface area contributed by atoms with Crippen molar-refractivity contribution in [1.82, 2.24) is 14.4 Å². The molecule has 6 rings (SSSR count). The number of para-hydroxylation sites is 2. The van der Waals surface area contributed by atoms with Gasteiger partial charge in [-0.1, -0.05) is 48.5 Å². The molecule has 0 atom stereocenters. The molecule has 1 fully saturated rings. The largest absolute Gasteiger partial charge is 0.368 e. The van der Waals surface area contributed by atoms with E-state index in [1.54, 1.807) is 34.9 Å². The molecular formula is C28H24N4O3. The monoisotopic (exact) mass is 464 g/mol. The molecule has 1 aromatic heterocycles. The number of benzene rings is 3. The highest BCUT2D eigenvalue weighted by atomic mass is 16.2. The zero-order chi connectivity index (χ0) is 23.9. The number of hydrogen-bond donors (Lipinski definition) is 0. The number of carbonyl (C=O) groups is 2. The summed E-state index contributed by atoms with van der Waals surface area (Å²) in [6.07, 6.45) is 0. The summed E-state index contributed by atoms with van der Waals surface area (Å²) in [5, 5.41) is 1.02. The van der Waals surface area contributed by atoms with E-state index in [4.69, 9.17) is 0 Å². The van der Waals surface area contributed by atoms with Crippen molar-refractivity contribution in [3.05, 3.63) is 106 Å². The summed E-state index contributed by atoms with van der Waals surface area (Å²) in [6, 6.07) is 26.3. The number of amides is 2. The summed E-state index contributed by atoms with van der Waals surface area (Å²) in [6.45, 7) is 3.04. The quantitative estimate of drug-likeness (QED) is 0.434. The van der Waals surface area contributed by atoms with E-state index in [0.29, 0.717) is 37.3 Å². The first-order valence-corrected chi connectivity index (χ1v) is 11.7. The fourth-order valence-corrected chi connectivity index (χ4v) is 5.07. The Morgan fingerprint density at radius 1 is 0.657 bits per heavy atom. The third-order valence-electron chi connectivity index (χ3n) is 6.85. The van der Waals surface area contributed by atoms with Gasteiger partial charge in [-0.3, -0.25) is 28.8 Å². The molecule has 0 bridgehead atoms. The van der Waals surface area contributed by atoms with Crippen molar-refractivity contribution < 1.29 is 9.59 Å². The first kappa shape index (κ1) is 21.3. The molecule has 35 heavy (non-hydrogen) atoms. The van der Waals surface area contributed by atoms with E-state index < -0.39 is 0 Å². The first-order chi connectivity index (χ1) is 17.1. The van der Waals surface area contributed by atoms with Crippen LogP contribution in [0, 0.1) is 0 Å². The maximum Gasteiger partial charge on any atom is 0.262 e. The molecule has 0 spiro atoms. The number of rotatable bonds is 4. The number of aromatic nitrogens is 1. The van der Waals surface area contributed by atoms with Crippen LogP contribution in [0.5, 0.6) is 0 Å². The Balaban J connectivity index is 1.23. The van der Waals surface area contributed by atoms with E-state index >= 15 is 0 Å². The van der Waals surface area contributed by atoms with E-state index in [1.807, 2.05) is 48.5 Å². The number of imide groups is 1. The Hall–Kier alpha value is -4.23. The summed E-state index contributed by atoms with van der Waals surface area (Å²) in [4.78, 5) is 44.3. The first-order valence-electron chi connectivity index (χ1n) is 11.7. The lowest BCUT2D eigenvalue weighted by Crippen LogP contribution is -2.51. The van der Waals surface area contributed by atoms with Crippen molar-refractivity contribution in [1.29, 1.82) is 0 Å². The molecule has 4 aromatic rings. The SMILES string of the molecule is O=C1c2ccccc2C(=O)N1CN1CCN(c2cc(=O)n(-c3ccccc3)c3ccccc23)CC1. The summed E-state index contributed by atoms with van der Waals surface area (Å²) >= 11 is 0. The minimum absolute atomic E-state index is 0.0710. The number of piperazine rings is 1. The second-order valence-electron chi connectivity index (χ2n) is 8.89. The minimum Gasteiger partial charge on any atom is -0.368 e. The molecule has 2 amide bonds. The van der Waals surface area contributed by atoms with Crippen molar-refractivity contribution >= 4 is 28.4 Å². The Morgan fingerprint density at radius 3 is 1.94 bits per heavy atom. The highest BCUT2D eigenvalue weighted by molar-refractivity contribution is 6.21. The highest BCUT2D eigenvalue weighted by Crippen LogP contribution is 2.28. The summed E-state index contributed by atoms with van der Waals surface area (Å²) in [7, 11) is 0. The van der Waals surface area contributed by atoms with Crippen LogP contribution in [0.2, 0.25) is 0 Å². The van der Waals surface area contributed by atoms with E-state index in [1.165, 1.54) is 4.90 Å². The molecule has 0 aliphatic carbocycles. The number of hydrogen-bond acceptors (Lipinski definition) is 5. The van der Waals surface area contributed by atoms with Gasteiger partial charge in [0.1, 0.15) is 0 Å². The summed E-state index contributed by atoms with van der Waals surface area (Å²) < 4.78 is 1.75. The van der Waals surface area contributed by atoms with E-state index in [-0.39, 0.29) is 24.0 Å². The van der Waals surface area contributed by atoms with Crippen molar-refractivity contribution in [2.24, 2.45) is 0 Å². The third kappa shape index (κ3) is 3.61. The Labute approximate surface area is 202 Å². The maximum atomic E-state index is 13.2. The predicted octanol–water partition coefficient (Wildman–Crippen LogP) is 3.37. The fourth-order valence-electron chi connectivity index (χ4n) is 5.07. The average molecular weight is 465 g/mol. The standard InChI is InChI=1S/C28H24N4O3/c33-26-18-25(23-12-6-7-13-24(23)32(26)20-8-2-1-3-9-20)30-16-14-29(15-17-30)19-31-27(34)21-10-4-5-11-22(21)28(31)35/h1-13,18H,14-17,19H2. The van der Waals surface area contributed by atoms with Gasteiger partial charge >= 0.3 is 0 Å². The van der Waals surface area contributed by atoms with Crippen LogP contribution < -0.4 is 10.5 Å². The van der Waals surface area contributed by atoms with Gasteiger partial charge in [-0.15, -0.1) is 0 Å². The van der Waals surface area contributed by atoms with Crippen LogP contribution in [0.3, 0.4) is 0 Å². The predicted molar refractivity (Wildman–Crippen MR) is 135 cm³/mol. The number of fused-ring (bicyclic) bond motifs is 2. The van der Waals surface area contributed by atoms with Gasteiger partial charge in [0.15, 0.2) is 0 Å². The van der Waals surface area contributed by atoms with Crippen LogP contribution >= 0.6 is 0 Å². The third-order valence-corrected chi connectivity index (χ3v) is 6.85. The second kappa shape index (κ2) is 8.52. The van der Waals surface area contributed by atoms with Gasteiger partial charge in [0.25, 0.3) is 17.4 Å². The van der Waals surface area contributed by atoms with Gasteiger partial charge in [0, 0.05) is 43.3 Å². The fraction of sp³-hybridized carbons (Fsp3) is 0.179. The molecule has 0 unspecified atom stereocenters. The zero-order valence-corrected chi connectivity index (χ0v) is 19.1. The highest BCUT2D eigenvalue weighted by Gasteiger charge is 2.36. The van der Waals surface area contributed by atoms with Crippen molar-refractivity contribution in [3.8, 4) is 5.69 Å². The topological polar surface area (TPSA) is 65.9 Å². The van der Waals surface area contributed by atoms with Gasteiger partial charge in [0.2, 0.25) is 0 Å². The molecule has 3 aromatic carbocycles. The summed E-state index contributed by atoms with van der Waals surface area (Å²) in [5.74, 6) is -0.466. The molecule has 2 aliphatic rings. The molecule has 1 saturated heterocycles. The van der Waals surface area contributed by atoms with Crippen LogP contribution in [-0.4, -0.2) is 59.0 Å². The molecule has 174 valence electrons. The molecular weight excluding hydrogens is 440 g/mol. The Morgan fingerprint density at radius 2 is 1.26 bits per heavy atom. The van der Waals surface area contributed by atoms with Crippen molar-refractivity contribution in [2.45, 2.75) is 0 Å².